The Morgan fingerprint density at radius 3 is 2.54 bits per heavy atom. The minimum atomic E-state index is -0.0154. The summed E-state index contributed by atoms with van der Waals surface area (Å²) in [5, 5.41) is 3.40. The van der Waals surface area contributed by atoms with Crippen molar-refractivity contribution in [3.05, 3.63) is 83.6 Å². The normalized spacial score (nSPS) is 13.3. The maximum atomic E-state index is 13.0. The number of rotatable bonds is 4. The number of hydrogen-bond acceptors (Lipinski definition) is 4. The Bertz CT molecular complexity index is 955. The molecule has 142 valence electrons. The van der Waals surface area contributed by atoms with Crippen LogP contribution in [-0.2, 0) is 12.8 Å². The summed E-state index contributed by atoms with van der Waals surface area (Å²) < 4.78 is 5.71. The monoisotopic (exact) mass is 373 g/mol. The van der Waals surface area contributed by atoms with Gasteiger partial charge in [-0.15, -0.1) is 0 Å². The number of nitrogens with zero attached hydrogens (tertiary/aromatic N) is 2. The Kier molecular flexibility index (Phi) is 5.35. The van der Waals surface area contributed by atoms with Gasteiger partial charge in [-0.05, 0) is 79.5 Å². The molecule has 0 unspecified atom stereocenters. The highest BCUT2D eigenvalue weighted by Gasteiger charge is 2.16. The maximum Gasteiger partial charge on any atom is 0.258 e. The average Bonchev–Trinajstić information content (AvgIpc) is 2.99. The number of amides is 1. The van der Waals surface area contributed by atoms with Gasteiger partial charge >= 0.3 is 0 Å². The molecule has 2 heterocycles. The van der Waals surface area contributed by atoms with Crippen LogP contribution in [0.3, 0.4) is 0 Å². The molecule has 2 aromatic carbocycles. The van der Waals surface area contributed by atoms with Crippen molar-refractivity contribution < 1.29 is 9.53 Å². The van der Waals surface area contributed by atoms with Crippen molar-refractivity contribution >= 4 is 11.6 Å². The van der Waals surface area contributed by atoms with Crippen molar-refractivity contribution in [2.24, 2.45) is 0 Å². The van der Waals surface area contributed by atoms with Crippen LogP contribution in [-0.4, -0.2) is 31.0 Å². The number of aromatic nitrogens is 1. The van der Waals surface area contributed by atoms with Gasteiger partial charge in [-0.2, -0.15) is 0 Å². The molecule has 0 atom stereocenters. The Morgan fingerprint density at radius 1 is 1.00 bits per heavy atom. The van der Waals surface area contributed by atoms with Crippen LogP contribution < -0.4 is 15.0 Å². The number of carbonyl (C=O) groups is 1. The number of anilines is 1. The van der Waals surface area contributed by atoms with Gasteiger partial charge in [0.15, 0.2) is 0 Å². The lowest BCUT2D eigenvalue weighted by Crippen LogP contribution is -2.26. The van der Waals surface area contributed by atoms with Gasteiger partial charge in [-0.3, -0.25) is 4.79 Å². The number of pyridine rings is 1. The van der Waals surface area contributed by atoms with Crippen LogP contribution in [0, 0.1) is 0 Å². The third-order valence-electron chi connectivity index (χ3n) is 4.98. The van der Waals surface area contributed by atoms with Crippen molar-refractivity contribution in [3.63, 3.8) is 0 Å². The summed E-state index contributed by atoms with van der Waals surface area (Å²) >= 11 is 0. The van der Waals surface area contributed by atoms with Crippen molar-refractivity contribution in [2.45, 2.75) is 12.8 Å². The first-order valence-electron chi connectivity index (χ1n) is 9.50. The van der Waals surface area contributed by atoms with Crippen LogP contribution in [0.25, 0.3) is 0 Å². The van der Waals surface area contributed by atoms with Crippen molar-refractivity contribution in [1.82, 2.24) is 10.3 Å². The Balaban J connectivity index is 1.48. The summed E-state index contributed by atoms with van der Waals surface area (Å²) in [5.41, 5.74) is 4.13. The van der Waals surface area contributed by atoms with E-state index in [-0.39, 0.29) is 5.91 Å². The van der Waals surface area contributed by atoms with Crippen LogP contribution in [0.15, 0.2) is 66.9 Å². The van der Waals surface area contributed by atoms with Crippen LogP contribution in [0.5, 0.6) is 11.6 Å². The smallest absolute Gasteiger partial charge is 0.258 e. The van der Waals surface area contributed by atoms with Crippen molar-refractivity contribution in [1.29, 1.82) is 0 Å². The second-order valence-electron chi connectivity index (χ2n) is 6.86. The SMILES string of the molecule is CN(C(=O)c1ccc2c(c1)CCNCC2)c1ccc(Oc2ccccn2)cc1. The van der Waals surface area contributed by atoms with E-state index in [0.717, 1.165) is 37.2 Å². The molecule has 0 radical (unpaired) electrons. The van der Waals surface area contributed by atoms with E-state index < -0.39 is 0 Å². The highest BCUT2D eigenvalue weighted by molar-refractivity contribution is 6.05. The van der Waals surface area contributed by atoms with Gasteiger partial charge in [0.2, 0.25) is 5.88 Å². The lowest BCUT2D eigenvalue weighted by atomic mass is 9.99. The summed E-state index contributed by atoms with van der Waals surface area (Å²) in [6.45, 7) is 1.95. The Labute approximate surface area is 165 Å². The summed E-state index contributed by atoms with van der Waals surface area (Å²) in [6.07, 6.45) is 3.66. The average molecular weight is 373 g/mol. The zero-order chi connectivity index (χ0) is 19.3. The van der Waals surface area contributed by atoms with E-state index in [0.29, 0.717) is 11.6 Å². The topological polar surface area (TPSA) is 54.5 Å². The minimum Gasteiger partial charge on any atom is -0.439 e. The van der Waals surface area contributed by atoms with E-state index in [1.807, 2.05) is 48.5 Å². The third-order valence-corrected chi connectivity index (χ3v) is 4.98. The van der Waals surface area contributed by atoms with E-state index in [1.54, 1.807) is 24.2 Å². The molecule has 5 heteroatoms. The molecular formula is C23H23N3O2. The van der Waals surface area contributed by atoms with E-state index >= 15 is 0 Å². The Hall–Kier alpha value is -3.18. The standard InChI is InChI=1S/C23H23N3O2/c1-26(20-7-9-21(10-8-20)28-22-4-2-3-13-25-22)23(27)19-6-5-17-11-14-24-15-12-18(17)16-19/h2-10,13,16,24H,11-12,14-15H2,1H3. The summed E-state index contributed by atoms with van der Waals surface area (Å²) in [7, 11) is 1.80. The molecule has 1 aromatic heterocycles. The predicted molar refractivity (Wildman–Crippen MR) is 110 cm³/mol. The van der Waals surface area contributed by atoms with Crippen LogP contribution in [0.2, 0.25) is 0 Å². The van der Waals surface area contributed by atoms with Gasteiger partial charge in [0.05, 0.1) is 0 Å². The fourth-order valence-electron chi connectivity index (χ4n) is 3.38. The van der Waals surface area contributed by atoms with Crippen molar-refractivity contribution in [2.75, 3.05) is 25.0 Å². The molecule has 0 spiro atoms. The first-order chi connectivity index (χ1) is 13.7. The molecule has 0 bridgehead atoms. The van der Waals surface area contributed by atoms with E-state index in [1.165, 1.54) is 11.1 Å². The molecule has 3 aromatic rings. The fourth-order valence-corrected chi connectivity index (χ4v) is 3.38. The number of nitrogens with one attached hydrogen (secondary N) is 1. The second kappa shape index (κ2) is 8.23. The number of carbonyl (C=O) groups excluding carboxylic acids is 1. The van der Waals surface area contributed by atoms with E-state index in [9.17, 15) is 4.79 Å². The molecule has 0 saturated carbocycles. The number of hydrogen-bond donors (Lipinski definition) is 1. The lowest BCUT2D eigenvalue weighted by Gasteiger charge is -2.19. The molecule has 0 saturated heterocycles. The molecule has 0 fully saturated rings. The molecule has 28 heavy (non-hydrogen) atoms. The highest BCUT2D eigenvalue weighted by Crippen LogP contribution is 2.24. The Morgan fingerprint density at radius 2 is 1.79 bits per heavy atom. The van der Waals surface area contributed by atoms with Gasteiger partial charge < -0.3 is 15.0 Å². The largest absolute Gasteiger partial charge is 0.439 e. The fraction of sp³-hybridized carbons (Fsp3) is 0.217. The first kappa shape index (κ1) is 18.2. The molecule has 1 aliphatic rings. The van der Waals surface area contributed by atoms with Gasteiger partial charge in [0.1, 0.15) is 5.75 Å². The van der Waals surface area contributed by atoms with Crippen LogP contribution >= 0.6 is 0 Å². The van der Waals surface area contributed by atoms with E-state index in [4.69, 9.17) is 4.74 Å². The van der Waals surface area contributed by atoms with Crippen LogP contribution in [0.1, 0.15) is 21.5 Å². The van der Waals surface area contributed by atoms with E-state index in [2.05, 4.69) is 16.4 Å². The molecule has 1 amide bonds. The molecular weight excluding hydrogens is 350 g/mol. The number of ether oxygens (including phenoxy) is 1. The lowest BCUT2D eigenvalue weighted by molar-refractivity contribution is 0.0993. The maximum absolute atomic E-state index is 13.0. The number of benzene rings is 2. The second-order valence-corrected chi connectivity index (χ2v) is 6.86. The predicted octanol–water partition coefficient (Wildman–Crippen LogP) is 3.84. The van der Waals surface area contributed by atoms with Gasteiger partial charge in [0, 0.05) is 30.6 Å². The van der Waals surface area contributed by atoms with Crippen LogP contribution in [0.4, 0.5) is 5.69 Å². The zero-order valence-corrected chi connectivity index (χ0v) is 15.9. The zero-order valence-electron chi connectivity index (χ0n) is 15.9. The number of fused-ring (bicyclic) bond motifs is 1. The molecule has 1 N–H and O–H groups in total. The molecule has 5 nitrogen and oxygen atoms in total. The summed E-state index contributed by atoms with van der Waals surface area (Å²) in [5.74, 6) is 1.21. The summed E-state index contributed by atoms with van der Waals surface area (Å²) in [6, 6.07) is 19.0. The van der Waals surface area contributed by atoms with Gasteiger partial charge in [-0.1, -0.05) is 12.1 Å². The molecule has 4 rings (SSSR count). The van der Waals surface area contributed by atoms with Crippen molar-refractivity contribution in [3.8, 4) is 11.6 Å². The highest BCUT2D eigenvalue weighted by atomic mass is 16.5. The minimum absolute atomic E-state index is 0.0154. The van der Waals surface area contributed by atoms with Gasteiger partial charge in [0.25, 0.3) is 5.91 Å². The first-order valence-corrected chi connectivity index (χ1v) is 9.50. The third kappa shape index (κ3) is 4.05. The molecule has 1 aliphatic heterocycles. The quantitative estimate of drug-likeness (QED) is 0.755. The van der Waals surface area contributed by atoms with Gasteiger partial charge in [-0.25, -0.2) is 4.98 Å². The summed E-state index contributed by atoms with van der Waals surface area (Å²) in [4.78, 5) is 18.8. The molecule has 0 aliphatic carbocycles.